The van der Waals surface area contributed by atoms with E-state index in [2.05, 4.69) is 53.8 Å². The molecule has 0 fully saturated rings. The number of nitrogens with one attached hydrogen (secondary N) is 1. The van der Waals surface area contributed by atoms with Gasteiger partial charge in [-0.3, -0.25) is 0 Å². The fourth-order valence-electron chi connectivity index (χ4n) is 2.19. The van der Waals surface area contributed by atoms with Crippen LogP contribution in [0, 0.1) is 0 Å². The van der Waals surface area contributed by atoms with Gasteiger partial charge in [-0.25, -0.2) is 0 Å². The maximum Gasteiger partial charge on any atom is 0.117 e. The van der Waals surface area contributed by atoms with Crippen molar-refractivity contribution in [3.05, 3.63) is 84.3 Å². The maximum absolute atomic E-state index is 5.29. The maximum atomic E-state index is 5.29. The monoisotopic (exact) mass is 263 g/mol. The fraction of sp³-hybridized carbons (Fsp3) is 0.111. The average Bonchev–Trinajstić information content (AvgIpc) is 3.02. The number of hydrogen-bond acceptors (Lipinski definition) is 2. The molecular weight excluding hydrogens is 246 g/mol. The summed E-state index contributed by atoms with van der Waals surface area (Å²) in [6, 6.07) is 23.0. The fourth-order valence-corrected chi connectivity index (χ4v) is 2.19. The zero-order valence-corrected chi connectivity index (χ0v) is 11.3. The Labute approximate surface area is 119 Å². The molecule has 0 unspecified atom stereocenters. The molecule has 0 aliphatic rings. The first-order valence-electron chi connectivity index (χ1n) is 6.79. The predicted molar refractivity (Wildman–Crippen MR) is 81.1 cm³/mol. The van der Waals surface area contributed by atoms with Crippen LogP contribution in [0.25, 0.3) is 11.1 Å². The van der Waals surface area contributed by atoms with Crippen molar-refractivity contribution in [3.63, 3.8) is 0 Å². The molecule has 0 spiro atoms. The standard InChI is InChI=1S/C18H17NO/c1-2-5-16(6-3-1)17-10-8-15(9-11-17)13-19-14-18-7-4-12-20-18/h1-12,19H,13-14H2. The zero-order chi connectivity index (χ0) is 13.6. The van der Waals surface area contributed by atoms with Gasteiger partial charge >= 0.3 is 0 Å². The molecule has 1 heterocycles. The zero-order valence-electron chi connectivity index (χ0n) is 11.3. The van der Waals surface area contributed by atoms with Crippen LogP contribution in [0.3, 0.4) is 0 Å². The van der Waals surface area contributed by atoms with Crippen molar-refractivity contribution < 1.29 is 4.42 Å². The highest BCUT2D eigenvalue weighted by atomic mass is 16.3. The second-order valence-electron chi connectivity index (χ2n) is 4.75. The highest BCUT2D eigenvalue weighted by Crippen LogP contribution is 2.19. The summed E-state index contributed by atoms with van der Waals surface area (Å²) in [4.78, 5) is 0. The molecule has 0 aliphatic heterocycles. The topological polar surface area (TPSA) is 25.2 Å². The van der Waals surface area contributed by atoms with E-state index in [1.54, 1.807) is 6.26 Å². The molecule has 0 atom stereocenters. The predicted octanol–water partition coefficient (Wildman–Crippen LogP) is 4.24. The molecule has 0 amide bonds. The minimum Gasteiger partial charge on any atom is -0.468 e. The Kier molecular flexibility index (Phi) is 3.95. The van der Waals surface area contributed by atoms with Crippen LogP contribution in [0.4, 0.5) is 0 Å². The van der Waals surface area contributed by atoms with E-state index in [0.29, 0.717) is 0 Å². The summed E-state index contributed by atoms with van der Waals surface area (Å²) < 4.78 is 5.29. The van der Waals surface area contributed by atoms with E-state index in [1.165, 1.54) is 16.7 Å². The summed E-state index contributed by atoms with van der Waals surface area (Å²) in [5.41, 5.74) is 3.78. The van der Waals surface area contributed by atoms with Gasteiger partial charge in [0.25, 0.3) is 0 Å². The first kappa shape index (κ1) is 12.7. The summed E-state index contributed by atoms with van der Waals surface area (Å²) in [5, 5.41) is 3.37. The van der Waals surface area contributed by atoms with Crippen LogP contribution in [0.5, 0.6) is 0 Å². The van der Waals surface area contributed by atoms with Crippen LogP contribution in [0.1, 0.15) is 11.3 Å². The van der Waals surface area contributed by atoms with Crippen LogP contribution in [-0.2, 0) is 13.1 Å². The first-order valence-corrected chi connectivity index (χ1v) is 6.79. The van der Waals surface area contributed by atoms with Crippen molar-refractivity contribution in [2.45, 2.75) is 13.1 Å². The molecule has 1 N–H and O–H groups in total. The molecule has 100 valence electrons. The molecule has 2 nitrogen and oxygen atoms in total. The van der Waals surface area contributed by atoms with Crippen molar-refractivity contribution in [1.29, 1.82) is 0 Å². The van der Waals surface area contributed by atoms with Gasteiger partial charge in [0.05, 0.1) is 12.8 Å². The molecule has 0 aliphatic carbocycles. The van der Waals surface area contributed by atoms with E-state index in [9.17, 15) is 0 Å². The van der Waals surface area contributed by atoms with Crippen LogP contribution in [0.15, 0.2) is 77.4 Å². The summed E-state index contributed by atoms with van der Waals surface area (Å²) >= 11 is 0. The minimum atomic E-state index is 0.757. The number of benzene rings is 2. The largest absolute Gasteiger partial charge is 0.468 e. The molecule has 2 aromatic carbocycles. The first-order chi connectivity index (χ1) is 9.92. The Morgan fingerprint density at radius 3 is 2.15 bits per heavy atom. The number of furan rings is 1. The smallest absolute Gasteiger partial charge is 0.117 e. The van der Waals surface area contributed by atoms with Crippen molar-refractivity contribution in [1.82, 2.24) is 5.32 Å². The van der Waals surface area contributed by atoms with E-state index in [1.807, 2.05) is 18.2 Å². The third-order valence-corrected chi connectivity index (χ3v) is 3.27. The van der Waals surface area contributed by atoms with E-state index >= 15 is 0 Å². The molecule has 1 aromatic heterocycles. The normalized spacial score (nSPS) is 10.6. The van der Waals surface area contributed by atoms with E-state index < -0.39 is 0 Å². The molecular formula is C18H17NO. The van der Waals surface area contributed by atoms with Crippen molar-refractivity contribution in [2.24, 2.45) is 0 Å². The van der Waals surface area contributed by atoms with Gasteiger partial charge in [-0.1, -0.05) is 54.6 Å². The van der Waals surface area contributed by atoms with E-state index in [4.69, 9.17) is 4.42 Å². The van der Waals surface area contributed by atoms with Gasteiger partial charge in [-0.2, -0.15) is 0 Å². The molecule has 0 saturated carbocycles. The van der Waals surface area contributed by atoms with Gasteiger partial charge in [0, 0.05) is 6.54 Å². The molecule has 3 rings (SSSR count). The highest BCUT2D eigenvalue weighted by Gasteiger charge is 1.98. The molecule has 20 heavy (non-hydrogen) atoms. The Hall–Kier alpha value is -2.32. The molecule has 2 heteroatoms. The van der Waals surface area contributed by atoms with Gasteiger partial charge in [0.2, 0.25) is 0 Å². The summed E-state index contributed by atoms with van der Waals surface area (Å²) in [6.45, 7) is 1.60. The van der Waals surface area contributed by atoms with Crippen LogP contribution in [0.2, 0.25) is 0 Å². The summed E-state index contributed by atoms with van der Waals surface area (Å²) in [7, 11) is 0. The Morgan fingerprint density at radius 1 is 0.700 bits per heavy atom. The van der Waals surface area contributed by atoms with Crippen LogP contribution < -0.4 is 5.32 Å². The van der Waals surface area contributed by atoms with Gasteiger partial charge in [0.15, 0.2) is 0 Å². The third-order valence-electron chi connectivity index (χ3n) is 3.27. The lowest BCUT2D eigenvalue weighted by atomic mass is 10.0. The lowest BCUT2D eigenvalue weighted by Gasteiger charge is -2.05. The van der Waals surface area contributed by atoms with Gasteiger partial charge < -0.3 is 9.73 Å². The number of rotatable bonds is 5. The lowest BCUT2D eigenvalue weighted by molar-refractivity contribution is 0.483. The van der Waals surface area contributed by atoms with E-state index in [-0.39, 0.29) is 0 Å². The summed E-state index contributed by atoms with van der Waals surface area (Å²) in [6.07, 6.45) is 1.70. The lowest BCUT2D eigenvalue weighted by Crippen LogP contribution is -2.11. The Bertz CT molecular complexity index is 627. The van der Waals surface area contributed by atoms with Gasteiger partial charge in [0.1, 0.15) is 5.76 Å². The Balaban J connectivity index is 1.59. The molecule has 0 bridgehead atoms. The van der Waals surface area contributed by atoms with Crippen molar-refractivity contribution in [2.75, 3.05) is 0 Å². The SMILES string of the molecule is c1ccc(-c2ccc(CNCc3ccco3)cc2)cc1. The second-order valence-corrected chi connectivity index (χ2v) is 4.75. The summed E-state index contributed by atoms with van der Waals surface area (Å²) in [5.74, 6) is 0.964. The highest BCUT2D eigenvalue weighted by molar-refractivity contribution is 5.63. The van der Waals surface area contributed by atoms with E-state index in [0.717, 1.165) is 18.8 Å². The number of hydrogen-bond donors (Lipinski definition) is 1. The average molecular weight is 263 g/mol. The second kappa shape index (κ2) is 6.22. The molecule has 3 aromatic rings. The van der Waals surface area contributed by atoms with Gasteiger partial charge in [-0.15, -0.1) is 0 Å². The van der Waals surface area contributed by atoms with Crippen LogP contribution >= 0.6 is 0 Å². The van der Waals surface area contributed by atoms with Crippen molar-refractivity contribution in [3.8, 4) is 11.1 Å². The molecule has 0 radical (unpaired) electrons. The van der Waals surface area contributed by atoms with Gasteiger partial charge in [-0.05, 0) is 28.8 Å². The minimum absolute atomic E-state index is 0.757. The Morgan fingerprint density at radius 2 is 1.45 bits per heavy atom. The van der Waals surface area contributed by atoms with Crippen LogP contribution in [-0.4, -0.2) is 0 Å². The third kappa shape index (κ3) is 3.16. The quantitative estimate of drug-likeness (QED) is 0.745. The van der Waals surface area contributed by atoms with Crippen molar-refractivity contribution >= 4 is 0 Å². The molecule has 0 saturated heterocycles.